The maximum absolute atomic E-state index is 12.6. The van der Waals surface area contributed by atoms with Gasteiger partial charge in [-0.15, -0.1) is 24.8 Å². The average molecular weight is 457 g/mol. The molecule has 2 saturated heterocycles. The fourth-order valence-electron chi connectivity index (χ4n) is 4.91. The number of hydrogen-bond acceptors (Lipinski definition) is 4. The Morgan fingerprint density at radius 3 is 2.33 bits per heavy atom. The topological polar surface area (TPSA) is 87.5 Å². The molecule has 3 aliphatic rings. The molecule has 1 spiro atoms. The summed E-state index contributed by atoms with van der Waals surface area (Å²) in [6.07, 6.45) is 6.03. The molecule has 1 atom stereocenters. The SMILES string of the molecule is Cl.Cl.NC(=O)C1CCN(CCc2ccc(NC(=O)C3CC34CCNCC4)cc2)CC1. The van der Waals surface area contributed by atoms with Crippen molar-refractivity contribution in [3.63, 3.8) is 0 Å². The summed E-state index contributed by atoms with van der Waals surface area (Å²) in [6.45, 7) is 4.97. The molecule has 1 aromatic carbocycles. The lowest BCUT2D eigenvalue weighted by Gasteiger charge is -2.30. The van der Waals surface area contributed by atoms with Crippen molar-refractivity contribution in [3.8, 4) is 0 Å². The highest BCUT2D eigenvalue weighted by Gasteiger charge is 2.57. The minimum absolute atomic E-state index is 0. The van der Waals surface area contributed by atoms with Gasteiger partial charge in [-0.25, -0.2) is 0 Å². The first kappa shape index (κ1) is 24.9. The fourth-order valence-corrected chi connectivity index (χ4v) is 4.91. The summed E-state index contributed by atoms with van der Waals surface area (Å²) in [5.74, 6) is 0.272. The van der Waals surface area contributed by atoms with Gasteiger partial charge < -0.3 is 21.3 Å². The van der Waals surface area contributed by atoms with Gasteiger partial charge in [0.15, 0.2) is 0 Å². The number of hydrogen-bond donors (Lipinski definition) is 3. The largest absolute Gasteiger partial charge is 0.369 e. The van der Waals surface area contributed by atoms with E-state index >= 15 is 0 Å². The van der Waals surface area contributed by atoms with Crippen LogP contribution in [0.25, 0.3) is 0 Å². The predicted molar refractivity (Wildman–Crippen MR) is 124 cm³/mol. The summed E-state index contributed by atoms with van der Waals surface area (Å²) >= 11 is 0. The third kappa shape index (κ3) is 5.88. The summed E-state index contributed by atoms with van der Waals surface area (Å²) in [5.41, 5.74) is 7.84. The Morgan fingerprint density at radius 1 is 1.10 bits per heavy atom. The van der Waals surface area contributed by atoms with Gasteiger partial charge in [0.1, 0.15) is 0 Å². The summed E-state index contributed by atoms with van der Waals surface area (Å²) in [7, 11) is 0. The second kappa shape index (κ2) is 10.8. The van der Waals surface area contributed by atoms with Gasteiger partial charge in [-0.2, -0.15) is 0 Å². The number of carbonyl (C=O) groups excluding carboxylic acids is 2. The van der Waals surface area contributed by atoms with Crippen LogP contribution in [0, 0.1) is 17.3 Å². The number of amides is 2. The number of piperidine rings is 2. The quantitative estimate of drug-likeness (QED) is 0.613. The van der Waals surface area contributed by atoms with Crippen molar-refractivity contribution in [1.29, 1.82) is 0 Å². The Balaban J connectivity index is 0.00000160. The number of halogens is 2. The molecule has 6 nitrogen and oxygen atoms in total. The molecule has 2 heterocycles. The number of primary amides is 1. The van der Waals surface area contributed by atoms with E-state index in [4.69, 9.17) is 5.73 Å². The molecule has 3 fully saturated rings. The lowest BCUT2D eigenvalue weighted by atomic mass is 9.92. The molecular weight excluding hydrogens is 423 g/mol. The van der Waals surface area contributed by atoms with Crippen LogP contribution in [-0.4, -0.2) is 49.4 Å². The Bertz CT molecular complexity index is 714. The van der Waals surface area contributed by atoms with Crippen LogP contribution in [0.1, 0.15) is 37.7 Å². The van der Waals surface area contributed by atoms with Crippen molar-refractivity contribution in [2.75, 3.05) is 38.0 Å². The van der Waals surface area contributed by atoms with E-state index < -0.39 is 0 Å². The van der Waals surface area contributed by atoms with Gasteiger partial charge in [-0.1, -0.05) is 12.1 Å². The van der Waals surface area contributed by atoms with Crippen LogP contribution in [0.2, 0.25) is 0 Å². The Morgan fingerprint density at radius 2 is 1.73 bits per heavy atom. The van der Waals surface area contributed by atoms with Gasteiger partial charge in [-0.05, 0) is 87.8 Å². The zero-order valence-corrected chi connectivity index (χ0v) is 19.0. The zero-order valence-electron chi connectivity index (χ0n) is 17.4. The maximum atomic E-state index is 12.6. The molecule has 8 heteroatoms. The first-order chi connectivity index (χ1) is 13.6. The lowest BCUT2D eigenvalue weighted by molar-refractivity contribution is -0.123. The molecule has 4 rings (SSSR count). The second-order valence-corrected chi connectivity index (χ2v) is 8.82. The van der Waals surface area contributed by atoms with E-state index in [9.17, 15) is 9.59 Å². The first-order valence-electron chi connectivity index (χ1n) is 10.7. The van der Waals surface area contributed by atoms with E-state index in [0.29, 0.717) is 0 Å². The highest BCUT2D eigenvalue weighted by molar-refractivity contribution is 5.95. The Kier molecular flexibility index (Phi) is 8.98. The van der Waals surface area contributed by atoms with Gasteiger partial charge in [0.05, 0.1) is 0 Å². The summed E-state index contributed by atoms with van der Waals surface area (Å²) < 4.78 is 0. The van der Waals surface area contributed by atoms with Crippen molar-refractivity contribution < 1.29 is 9.59 Å². The lowest BCUT2D eigenvalue weighted by Crippen LogP contribution is -2.39. The van der Waals surface area contributed by atoms with Crippen LogP contribution in [0.3, 0.4) is 0 Å². The van der Waals surface area contributed by atoms with Crippen LogP contribution in [-0.2, 0) is 16.0 Å². The second-order valence-electron chi connectivity index (χ2n) is 8.82. The molecule has 1 aromatic rings. The minimum atomic E-state index is -0.158. The number of anilines is 1. The van der Waals surface area contributed by atoms with Crippen molar-refractivity contribution in [2.45, 2.75) is 38.5 Å². The predicted octanol–water partition coefficient (Wildman–Crippen LogP) is 2.60. The number of carbonyl (C=O) groups is 2. The van der Waals surface area contributed by atoms with E-state index in [1.807, 2.05) is 12.1 Å². The van der Waals surface area contributed by atoms with Gasteiger partial charge in [0.25, 0.3) is 0 Å². The van der Waals surface area contributed by atoms with E-state index in [2.05, 4.69) is 27.7 Å². The maximum Gasteiger partial charge on any atom is 0.228 e. The average Bonchev–Trinajstić information content (AvgIpc) is 3.41. The molecule has 4 N–H and O–H groups in total. The highest BCUT2D eigenvalue weighted by atomic mass is 35.5. The third-order valence-electron chi connectivity index (χ3n) is 7.03. The molecular formula is C22H34Cl2N4O2. The fraction of sp³-hybridized carbons (Fsp3) is 0.636. The van der Waals surface area contributed by atoms with Crippen molar-refractivity contribution in [2.24, 2.45) is 23.0 Å². The van der Waals surface area contributed by atoms with E-state index in [-0.39, 0.29) is 53.9 Å². The molecule has 1 unspecified atom stereocenters. The Labute approximate surface area is 191 Å². The number of nitrogens with two attached hydrogens (primary N) is 1. The minimum Gasteiger partial charge on any atom is -0.369 e. The summed E-state index contributed by atoms with van der Waals surface area (Å²) in [4.78, 5) is 26.2. The van der Waals surface area contributed by atoms with Gasteiger partial charge in [0, 0.05) is 24.1 Å². The van der Waals surface area contributed by atoms with Crippen molar-refractivity contribution in [3.05, 3.63) is 29.8 Å². The van der Waals surface area contributed by atoms with Crippen LogP contribution in [0.4, 0.5) is 5.69 Å². The van der Waals surface area contributed by atoms with Crippen molar-refractivity contribution in [1.82, 2.24) is 10.2 Å². The summed E-state index contributed by atoms with van der Waals surface area (Å²) in [6, 6.07) is 8.26. The molecule has 2 amide bonds. The highest BCUT2D eigenvalue weighted by Crippen LogP contribution is 2.58. The molecule has 168 valence electrons. The summed E-state index contributed by atoms with van der Waals surface area (Å²) in [5, 5.41) is 6.49. The van der Waals surface area contributed by atoms with E-state index in [0.717, 1.165) is 76.9 Å². The standard InChI is InChI=1S/C22H32N4O2.2ClH/c23-20(27)17-6-13-26(14-7-17)12-5-16-1-3-18(4-2-16)25-21(28)19-15-22(19)8-10-24-11-9-22;;/h1-4,17,19,24H,5-15H2,(H2,23,27)(H,25,28);2*1H. The van der Waals surface area contributed by atoms with Gasteiger partial charge in [-0.3, -0.25) is 9.59 Å². The molecule has 1 aliphatic carbocycles. The molecule has 0 aromatic heterocycles. The van der Waals surface area contributed by atoms with Gasteiger partial charge >= 0.3 is 0 Å². The van der Waals surface area contributed by atoms with Crippen molar-refractivity contribution >= 4 is 42.3 Å². The number of likely N-dealkylation sites (tertiary alicyclic amines) is 1. The van der Waals surface area contributed by atoms with E-state index in [1.165, 1.54) is 5.56 Å². The van der Waals surface area contributed by atoms with Crippen LogP contribution >= 0.6 is 24.8 Å². The first-order valence-corrected chi connectivity index (χ1v) is 10.7. The number of nitrogens with one attached hydrogen (secondary N) is 2. The van der Waals surface area contributed by atoms with Gasteiger partial charge in [0.2, 0.25) is 11.8 Å². The number of rotatable bonds is 6. The molecule has 30 heavy (non-hydrogen) atoms. The van der Waals surface area contributed by atoms with Crippen LogP contribution < -0.4 is 16.4 Å². The number of benzene rings is 1. The normalized spacial score (nSPS) is 23.1. The molecule has 0 bridgehead atoms. The van der Waals surface area contributed by atoms with Crippen LogP contribution in [0.5, 0.6) is 0 Å². The third-order valence-corrected chi connectivity index (χ3v) is 7.03. The monoisotopic (exact) mass is 456 g/mol. The van der Waals surface area contributed by atoms with E-state index in [1.54, 1.807) is 0 Å². The zero-order chi connectivity index (χ0) is 19.6. The van der Waals surface area contributed by atoms with Crippen LogP contribution in [0.15, 0.2) is 24.3 Å². The Hall–Kier alpha value is -1.34. The smallest absolute Gasteiger partial charge is 0.228 e. The molecule has 0 radical (unpaired) electrons. The molecule has 1 saturated carbocycles. The molecule has 2 aliphatic heterocycles. The number of nitrogens with zero attached hydrogens (tertiary/aromatic N) is 1.